The maximum atomic E-state index is 13.5. The van der Waals surface area contributed by atoms with Gasteiger partial charge in [-0.1, -0.05) is 22.0 Å². The molecule has 1 aliphatic rings. The van der Waals surface area contributed by atoms with Crippen LogP contribution in [0.15, 0.2) is 40.9 Å². The summed E-state index contributed by atoms with van der Waals surface area (Å²) in [7, 11) is 0. The maximum Gasteiger partial charge on any atom is 0.161 e. The van der Waals surface area contributed by atoms with Gasteiger partial charge in [0.2, 0.25) is 0 Å². The van der Waals surface area contributed by atoms with Crippen LogP contribution in [-0.4, -0.2) is 12.3 Å². The van der Waals surface area contributed by atoms with E-state index >= 15 is 0 Å². The fourth-order valence-corrected chi connectivity index (χ4v) is 2.98. The Balaban J connectivity index is 2.14. The van der Waals surface area contributed by atoms with E-state index in [9.17, 15) is 9.18 Å². The highest BCUT2D eigenvalue weighted by Gasteiger charge is 2.24. The zero-order chi connectivity index (χ0) is 14.3. The second kappa shape index (κ2) is 5.02. The van der Waals surface area contributed by atoms with Crippen molar-refractivity contribution in [1.29, 1.82) is 0 Å². The van der Waals surface area contributed by atoms with Crippen LogP contribution in [0.5, 0.6) is 0 Å². The Bertz CT molecular complexity index is 699. The molecular weight excluding hydrogens is 321 g/mol. The standard InChI is InChI=1S/C16H13BrFNO/c1-10(20)14-5-3-12(17)8-16(14)19-7-6-11-2-4-13(18)9-15(11)19/h2-5,8-9H,6-7H2,1H3. The van der Waals surface area contributed by atoms with Gasteiger partial charge in [0.25, 0.3) is 0 Å². The highest BCUT2D eigenvalue weighted by Crippen LogP contribution is 2.38. The topological polar surface area (TPSA) is 20.3 Å². The number of Topliss-reactive ketones (excluding diaryl/α,β-unsaturated/α-hetero) is 1. The second-order valence-corrected chi connectivity index (χ2v) is 5.81. The van der Waals surface area contributed by atoms with Crippen LogP contribution in [0, 0.1) is 5.82 Å². The first-order valence-electron chi connectivity index (χ1n) is 6.43. The van der Waals surface area contributed by atoms with E-state index < -0.39 is 0 Å². The van der Waals surface area contributed by atoms with Gasteiger partial charge < -0.3 is 4.90 Å². The Hall–Kier alpha value is -1.68. The molecule has 1 aliphatic heterocycles. The molecule has 0 aromatic heterocycles. The first kappa shape index (κ1) is 13.3. The average Bonchev–Trinajstić information content (AvgIpc) is 2.81. The highest BCUT2D eigenvalue weighted by molar-refractivity contribution is 9.10. The van der Waals surface area contributed by atoms with Gasteiger partial charge in [0, 0.05) is 22.3 Å². The molecule has 4 heteroatoms. The fourth-order valence-electron chi connectivity index (χ4n) is 2.63. The van der Waals surface area contributed by atoms with Gasteiger partial charge in [-0.3, -0.25) is 4.79 Å². The van der Waals surface area contributed by atoms with Crippen molar-refractivity contribution in [2.75, 3.05) is 11.4 Å². The number of ketones is 1. The first-order valence-corrected chi connectivity index (χ1v) is 7.22. The third-order valence-electron chi connectivity index (χ3n) is 3.57. The van der Waals surface area contributed by atoms with Crippen molar-refractivity contribution in [3.63, 3.8) is 0 Å². The van der Waals surface area contributed by atoms with Gasteiger partial charge in [0.1, 0.15) is 5.82 Å². The molecule has 0 spiro atoms. The molecule has 0 bridgehead atoms. The third kappa shape index (κ3) is 2.24. The summed E-state index contributed by atoms with van der Waals surface area (Å²) in [5, 5.41) is 0. The van der Waals surface area contributed by atoms with E-state index in [0.29, 0.717) is 5.56 Å². The lowest BCUT2D eigenvalue weighted by Gasteiger charge is -2.22. The van der Waals surface area contributed by atoms with Crippen molar-refractivity contribution >= 4 is 33.1 Å². The van der Waals surface area contributed by atoms with Gasteiger partial charge in [-0.2, -0.15) is 0 Å². The van der Waals surface area contributed by atoms with Gasteiger partial charge in [-0.05, 0) is 49.2 Å². The zero-order valence-corrected chi connectivity index (χ0v) is 12.6. The molecular formula is C16H13BrFNO. The number of carbonyl (C=O) groups excluding carboxylic acids is 1. The van der Waals surface area contributed by atoms with Crippen LogP contribution in [0.1, 0.15) is 22.8 Å². The normalized spacial score (nSPS) is 13.4. The summed E-state index contributed by atoms with van der Waals surface area (Å²) < 4.78 is 14.4. The smallest absolute Gasteiger partial charge is 0.161 e. The molecule has 0 amide bonds. The lowest BCUT2D eigenvalue weighted by Crippen LogP contribution is -2.16. The number of fused-ring (bicyclic) bond motifs is 1. The summed E-state index contributed by atoms with van der Waals surface area (Å²) in [6.07, 6.45) is 0.861. The molecule has 20 heavy (non-hydrogen) atoms. The minimum absolute atomic E-state index is 0.0114. The first-order chi connectivity index (χ1) is 9.56. The van der Waals surface area contributed by atoms with Crippen LogP contribution in [0.3, 0.4) is 0 Å². The number of hydrogen-bond donors (Lipinski definition) is 0. The molecule has 102 valence electrons. The molecule has 2 aromatic carbocycles. The fraction of sp³-hybridized carbons (Fsp3) is 0.188. The van der Waals surface area contributed by atoms with E-state index in [1.807, 2.05) is 23.1 Å². The zero-order valence-electron chi connectivity index (χ0n) is 11.0. The number of halogens is 2. The summed E-state index contributed by atoms with van der Waals surface area (Å²) in [5.41, 5.74) is 3.45. The van der Waals surface area contributed by atoms with Gasteiger partial charge in [-0.15, -0.1) is 0 Å². The average molecular weight is 334 g/mol. The third-order valence-corrected chi connectivity index (χ3v) is 4.07. The van der Waals surface area contributed by atoms with Gasteiger partial charge in [0.05, 0.1) is 5.69 Å². The number of carbonyl (C=O) groups is 1. The van der Waals surface area contributed by atoms with Crippen molar-refractivity contribution < 1.29 is 9.18 Å². The van der Waals surface area contributed by atoms with Crippen LogP contribution >= 0.6 is 15.9 Å². The molecule has 0 unspecified atom stereocenters. The highest BCUT2D eigenvalue weighted by atomic mass is 79.9. The summed E-state index contributed by atoms with van der Waals surface area (Å²) >= 11 is 3.43. The molecule has 1 heterocycles. The Morgan fingerprint density at radius 1 is 1.20 bits per heavy atom. The van der Waals surface area contributed by atoms with E-state index in [1.165, 1.54) is 12.1 Å². The number of anilines is 2. The minimum Gasteiger partial charge on any atom is -0.340 e. The number of hydrogen-bond acceptors (Lipinski definition) is 2. The minimum atomic E-state index is -0.255. The SMILES string of the molecule is CC(=O)c1ccc(Br)cc1N1CCc2ccc(F)cc21. The lowest BCUT2D eigenvalue weighted by molar-refractivity contribution is 0.101. The molecule has 0 aliphatic carbocycles. The summed E-state index contributed by atoms with van der Waals surface area (Å²) in [5.74, 6) is -0.243. The van der Waals surface area contributed by atoms with E-state index in [2.05, 4.69) is 15.9 Å². The largest absolute Gasteiger partial charge is 0.340 e. The van der Waals surface area contributed by atoms with Crippen LogP contribution in [0.25, 0.3) is 0 Å². The van der Waals surface area contributed by atoms with Gasteiger partial charge in [-0.25, -0.2) is 4.39 Å². The predicted molar refractivity (Wildman–Crippen MR) is 81.3 cm³/mol. The van der Waals surface area contributed by atoms with Crippen molar-refractivity contribution in [2.24, 2.45) is 0 Å². The molecule has 0 saturated heterocycles. The Kier molecular flexibility index (Phi) is 3.34. The van der Waals surface area contributed by atoms with E-state index in [1.54, 1.807) is 13.0 Å². The molecule has 0 N–H and O–H groups in total. The number of benzene rings is 2. The van der Waals surface area contributed by atoms with Crippen LogP contribution in [0.4, 0.5) is 15.8 Å². The van der Waals surface area contributed by atoms with Crippen molar-refractivity contribution in [1.82, 2.24) is 0 Å². The van der Waals surface area contributed by atoms with Crippen molar-refractivity contribution in [3.05, 3.63) is 57.8 Å². The van der Waals surface area contributed by atoms with Crippen LogP contribution in [0.2, 0.25) is 0 Å². The van der Waals surface area contributed by atoms with Crippen LogP contribution < -0.4 is 4.90 Å². The molecule has 0 radical (unpaired) electrons. The number of nitrogens with zero attached hydrogens (tertiary/aromatic N) is 1. The Labute approximate surface area is 125 Å². The second-order valence-electron chi connectivity index (χ2n) is 4.89. The Morgan fingerprint density at radius 3 is 2.75 bits per heavy atom. The summed E-state index contributed by atoms with van der Waals surface area (Å²) in [6, 6.07) is 10.4. The molecule has 2 nitrogen and oxygen atoms in total. The number of rotatable bonds is 2. The van der Waals surface area contributed by atoms with Gasteiger partial charge >= 0.3 is 0 Å². The van der Waals surface area contributed by atoms with Crippen molar-refractivity contribution in [3.8, 4) is 0 Å². The molecule has 0 atom stereocenters. The maximum absolute atomic E-state index is 13.5. The molecule has 3 rings (SSSR count). The van der Waals surface area contributed by atoms with Gasteiger partial charge in [0.15, 0.2) is 5.78 Å². The van der Waals surface area contributed by atoms with E-state index in [-0.39, 0.29) is 11.6 Å². The summed E-state index contributed by atoms with van der Waals surface area (Å²) in [4.78, 5) is 13.8. The van der Waals surface area contributed by atoms with Crippen LogP contribution in [-0.2, 0) is 6.42 Å². The Morgan fingerprint density at radius 2 is 2.00 bits per heavy atom. The molecule has 0 fully saturated rings. The van der Waals surface area contributed by atoms with E-state index in [0.717, 1.165) is 34.4 Å². The van der Waals surface area contributed by atoms with E-state index in [4.69, 9.17) is 0 Å². The summed E-state index contributed by atoms with van der Waals surface area (Å²) in [6.45, 7) is 2.31. The molecule has 2 aromatic rings. The monoisotopic (exact) mass is 333 g/mol. The van der Waals surface area contributed by atoms with Crippen molar-refractivity contribution in [2.45, 2.75) is 13.3 Å². The lowest BCUT2D eigenvalue weighted by atomic mass is 10.1. The molecule has 0 saturated carbocycles. The quantitative estimate of drug-likeness (QED) is 0.755. The predicted octanol–water partition coefficient (Wildman–Crippen LogP) is 4.49.